The molecule has 1 aromatic carbocycles. The Kier molecular flexibility index (Phi) is 4.64. The van der Waals surface area contributed by atoms with Crippen molar-refractivity contribution in [3.8, 4) is 11.3 Å². The Morgan fingerprint density at radius 1 is 1.17 bits per heavy atom. The molecule has 1 N–H and O–H groups in total. The van der Waals surface area contributed by atoms with Crippen LogP contribution in [0.3, 0.4) is 0 Å². The Labute approximate surface area is 145 Å². The molecule has 5 nitrogen and oxygen atoms in total. The number of benzene rings is 1. The molecule has 0 saturated carbocycles. The third kappa shape index (κ3) is 4.39. The third-order valence-electron chi connectivity index (χ3n) is 3.33. The molecular weight excluding hydrogens is 342 g/mol. The van der Waals surface area contributed by atoms with E-state index in [0.717, 1.165) is 33.3 Å². The zero-order valence-corrected chi connectivity index (χ0v) is 15.0. The van der Waals surface area contributed by atoms with Crippen molar-refractivity contribution in [3.05, 3.63) is 59.2 Å². The number of thiazole rings is 1. The van der Waals surface area contributed by atoms with Crippen molar-refractivity contribution in [2.75, 3.05) is 11.6 Å². The summed E-state index contributed by atoms with van der Waals surface area (Å²) in [5.41, 5.74) is 4.54. The van der Waals surface area contributed by atoms with Crippen LogP contribution in [0.5, 0.6) is 0 Å². The topological polar surface area (TPSA) is 72.0 Å². The highest BCUT2D eigenvalue weighted by molar-refractivity contribution is 7.89. The summed E-state index contributed by atoms with van der Waals surface area (Å²) in [4.78, 5) is 8.77. The summed E-state index contributed by atoms with van der Waals surface area (Å²) in [5.74, 6) is 0.0517. The van der Waals surface area contributed by atoms with Crippen LogP contribution >= 0.6 is 11.3 Å². The molecule has 0 amide bonds. The molecule has 0 spiro atoms. The highest BCUT2D eigenvalue weighted by Crippen LogP contribution is 2.27. The van der Waals surface area contributed by atoms with E-state index in [1.165, 1.54) is 17.6 Å². The highest BCUT2D eigenvalue weighted by atomic mass is 32.2. The van der Waals surface area contributed by atoms with Gasteiger partial charge in [0.1, 0.15) is 0 Å². The largest absolute Gasteiger partial charge is 0.332 e. The SMILES string of the molecule is Cc1cc(-c2csc(Nc3ccc(CS(C)(=O)=O)cc3)n2)ccn1. The lowest BCUT2D eigenvalue weighted by Gasteiger charge is -2.04. The van der Waals surface area contributed by atoms with Gasteiger partial charge >= 0.3 is 0 Å². The Bertz CT molecular complexity index is 948. The van der Waals surface area contributed by atoms with Gasteiger partial charge in [0.2, 0.25) is 0 Å². The van der Waals surface area contributed by atoms with Crippen LogP contribution in [0.15, 0.2) is 48.0 Å². The second kappa shape index (κ2) is 6.70. The van der Waals surface area contributed by atoms with Crippen LogP contribution < -0.4 is 5.32 Å². The monoisotopic (exact) mass is 359 g/mol. The third-order valence-corrected chi connectivity index (χ3v) is 4.95. The molecule has 0 atom stereocenters. The molecule has 0 aliphatic carbocycles. The number of aryl methyl sites for hydroxylation is 1. The number of anilines is 2. The van der Waals surface area contributed by atoms with Crippen LogP contribution in [0.2, 0.25) is 0 Å². The van der Waals surface area contributed by atoms with Crippen LogP contribution in [-0.4, -0.2) is 24.6 Å². The quantitative estimate of drug-likeness (QED) is 0.750. The van der Waals surface area contributed by atoms with E-state index in [1.54, 1.807) is 6.20 Å². The minimum absolute atomic E-state index is 0.0517. The van der Waals surface area contributed by atoms with Gasteiger partial charge in [-0.25, -0.2) is 13.4 Å². The predicted octanol–water partition coefficient (Wildman–Crippen LogP) is 3.80. The summed E-state index contributed by atoms with van der Waals surface area (Å²) < 4.78 is 22.6. The summed E-state index contributed by atoms with van der Waals surface area (Å²) in [6.07, 6.45) is 3.01. The fourth-order valence-electron chi connectivity index (χ4n) is 2.28. The average Bonchev–Trinajstić information content (AvgIpc) is 2.96. The second-order valence-electron chi connectivity index (χ2n) is 5.62. The van der Waals surface area contributed by atoms with E-state index in [4.69, 9.17) is 0 Å². The first-order chi connectivity index (χ1) is 11.4. The van der Waals surface area contributed by atoms with E-state index < -0.39 is 9.84 Å². The zero-order valence-electron chi connectivity index (χ0n) is 13.4. The van der Waals surface area contributed by atoms with Gasteiger partial charge in [-0.05, 0) is 36.8 Å². The molecule has 2 heterocycles. The predicted molar refractivity (Wildman–Crippen MR) is 98.4 cm³/mol. The smallest absolute Gasteiger partial charge is 0.187 e. The summed E-state index contributed by atoms with van der Waals surface area (Å²) >= 11 is 1.52. The summed E-state index contributed by atoms with van der Waals surface area (Å²) in [6, 6.07) is 11.3. The van der Waals surface area contributed by atoms with Crippen molar-refractivity contribution in [2.45, 2.75) is 12.7 Å². The van der Waals surface area contributed by atoms with Gasteiger partial charge in [-0.2, -0.15) is 0 Å². The molecule has 24 heavy (non-hydrogen) atoms. The molecule has 0 radical (unpaired) electrons. The lowest BCUT2D eigenvalue weighted by Crippen LogP contribution is -2.00. The van der Waals surface area contributed by atoms with E-state index in [2.05, 4.69) is 15.3 Å². The van der Waals surface area contributed by atoms with Gasteiger partial charge in [-0.3, -0.25) is 4.98 Å². The maximum Gasteiger partial charge on any atom is 0.187 e. The highest BCUT2D eigenvalue weighted by Gasteiger charge is 2.07. The van der Waals surface area contributed by atoms with Gasteiger partial charge in [-0.15, -0.1) is 11.3 Å². The number of rotatable bonds is 5. The molecular formula is C17H17N3O2S2. The number of pyridine rings is 1. The second-order valence-corrected chi connectivity index (χ2v) is 8.61. The minimum atomic E-state index is -3.02. The fourth-order valence-corrected chi connectivity index (χ4v) is 3.82. The number of sulfone groups is 1. The van der Waals surface area contributed by atoms with Crippen molar-refractivity contribution in [3.63, 3.8) is 0 Å². The standard InChI is InChI=1S/C17H17N3O2S2/c1-12-9-14(7-8-18-12)16-10-23-17(20-16)19-15-5-3-13(4-6-15)11-24(2,21)22/h3-10H,11H2,1-2H3,(H,19,20). The van der Waals surface area contributed by atoms with E-state index in [9.17, 15) is 8.42 Å². The first kappa shape index (κ1) is 16.6. The van der Waals surface area contributed by atoms with Gasteiger partial charge in [0.25, 0.3) is 0 Å². The molecule has 0 bridgehead atoms. The van der Waals surface area contributed by atoms with Crippen molar-refractivity contribution in [1.82, 2.24) is 9.97 Å². The number of nitrogens with zero attached hydrogens (tertiary/aromatic N) is 2. The first-order valence-corrected chi connectivity index (χ1v) is 10.3. The Balaban J connectivity index is 1.73. The molecule has 3 aromatic rings. The van der Waals surface area contributed by atoms with Gasteiger partial charge in [0.15, 0.2) is 15.0 Å². The molecule has 124 valence electrons. The van der Waals surface area contributed by atoms with Crippen molar-refractivity contribution in [1.29, 1.82) is 0 Å². The van der Waals surface area contributed by atoms with Crippen LogP contribution in [0.4, 0.5) is 10.8 Å². The average molecular weight is 359 g/mol. The fraction of sp³-hybridized carbons (Fsp3) is 0.176. The maximum absolute atomic E-state index is 11.3. The van der Waals surface area contributed by atoms with Gasteiger partial charge in [-0.1, -0.05) is 12.1 Å². The number of hydrogen-bond acceptors (Lipinski definition) is 6. The Morgan fingerprint density at radius 2 is 1.92 bits per heavy atom. The van der Waals surface area contributed by atoms with Gasteiger partial charge in [0.05, 0.1) is 11.4 Å². The first-order valence-electron chi connectivity index (χ1n) is 7.31. The maximum atomic E-state index is 11.3. The van der Waals surface area contributed by atoms with Crippen LogP contribution in [0, 0.1) is 6.92 Å². The molecule has 3 rings (SSSR count). The zero-order chi connectivity index (χ0) is 17.2. The van der Waals surface area contributed by atoms with E-state index in [0.29, 0.717) is 0 Å². The van der Waals surface area contributed by atoms with Crippen molar-refractivity contribution >= 4 is 32.0 Å². The molecule has 0 aliphatic rings. The van der Waals surface area contributed by atoms with E-state index in [1.807, 2.05) is 48.7 Å². The summed E-state index contributed by atoms with van der Waals surface area (Å²) in [7, 11) is -3.02. The lowest BCUT2D eigenvalue weighted by atomic mass is 10.2. The molecule has 2 aromatic heterocycles. The molecule has 0 unspecified atom stereocenters. The van der Waals surface area contributed by atoms with Crippen LogP contribution in [0.25, 0.3) is 11.3 Å². The lowest BCUT2D eigenvalue weighted by molar-refractivity contribution is 0.601. The van der Waals surface area contributed by atoms with Crippen molar-refractivity contribution in [2.24, 2.45) is 0 Å². The van der Waals surface area contributed by atoms with E-state index >= 15 is 0 Å². The summed E-state index contributed by atoms with van der Waals surface area (Å²) in [6.45, 7) is 1.95. The Morgan fingerprint density at radius 3 is 2.58 bits per heavy atom. The normalized spacial score (nSPS) is 11.4. The molecule has 0 fully saturated rings. The van der Waals surface area contributed by atoms with E-state index in [-0.39, 0.29) is 5.75 Å². The summed E-state index contributed by atoms with van der Waals surface area (Å²) in [5, 5.41) is 6.02. The van der Waals surface area contributed by atoms with Gasteiger partial charge in [0, 0.05) is 34.8 Å². The van der Waals surface area contributed by atoms with Gasteiger partial charge < -0.3 is 5.32 Å². The molecule has 0 aliphatic heterocycles. The van der Waals surface area contributed by atoms with Crippen LogP contribution in [-0.2, 0) is 15.6 Å². The molecule has 7 heteroatoms. The Hall–Kier alpha value is -2.25. The number of hydrogen-bond donors (Lipinski definition) is 1. The number of aromatic nitrogens is 2. The van der Waals surface area contributed by atoms with Crippen molar-refractivity contribution < 1.29 is 8.42 Å². The van der Waals surface area contributed by atoms with Crippen LogP contribution in [0.1, 0.15) is 11.3 Å². The minimum Gasteiger partial charge on any atom is -0.332 e. The molecule has 0 saturated heterocycles. The number of nitrogens with one attached hydrogen (secondary N) is 1.